The van der Waals surface area contributed by atoms with Crippen LogP contribution in [0.3, 0.4) is 0 Å². The van der Waals surface area contributed by atoms with E-state index in [1.807, 2.05) is 24.3 Å². The van der Waals surface area contributed by atoms with E-state index in [0.717, 1.165) is 29.3 Å². The fourth-order valence-electron chi connectivity index (χ4n) is 2.41. The van der Waals surface area contributed by atoms with Gasteiger partial charge in [-0.15, -0.1) is 0 Å². The van der Waals surface area contributed by atoms with E-state index >= 15 is 0 Å². The maximum Gasteiger partial charge on any atom is 0.304 e. The molecule has 1 aliphatic rings. The smallest absolute Gasteiger partial charge is 0.304 e. The molecule has 0 amide bonds. The zero-order chi connectivity index (χ0) is 11.9. The molecule has 3 rings (SSSR count). The Balaban J connectivity index is 2.03. The minimum absolute atomic E-state index is 0.115. The SMILES string of the molecule is O=C(O)CC1(c2ccc3ncccc3c2)CC1. The maximum atomic E-state index is 10.9. The Morgan fingerprint density at radius 2 is 2.18 bits per heavy atom. The van der Waals surface area contributed by atoms with Gasteiger partial charge in [-0.05, 0) is 36.6 Å². The number of aliphatic carboxylic acids is 1. The Morgan fingerprint density at radius 3 is 2.88 bits per heavy atom. The summed E-state index contributed by atoms with van der Waals surface area (Å²) in [5.74, 6) is -0.714. The number of fused-ring (bicyclic) bond motifs is 1. The van der Waals surface area contributed by atoms with Gasteiger partial charge in [-0.25, -0.2) is 0 Å². The number of rotatable bonds is 3. The summed E-state index contributed by atoms with van der Waals surface area (Å²) in [5, 5.41) is 10.0. The van der Waals surface area contributed by atoms with E-state index in [1.54, 1.807) is 6.20 Å². The predicted molar refractivity (Wildman–Crippen MR) is 64.9 cm³/mol. The van der Waals surface area contributed by atoms with Crippen molar-refractivity contribution in [3.05, 3.63) is 42.1 Å². The van der Waals surface area contributed by atoms with Crippen LogP contribution in [0.4, 0.5) is 0 Å². The summed E-state index contributed by atoms with van der Waals surface area (Å²) < 4.78 is 0. The average molecular weight is 227 g/mol. The molecule has 1 saturated carbocycles. The fourth-order valence-corrected chi connectivity index (χ4v) is 2.41. The van der Waals surface area contributed by atoms with Crippen LogP contribution in [-0.2, 0) is 10.2 Å². The van der Waals surface area contributed by atoms with Crippen LogP contribution in [0.25, 0.3) is 10.9 Å². The van der Waals surface area contributed by atoms with E-state index in [9.17, 15) is 4.79 Å². The van der Waals surface area contributed by atoms with Gasteiger partial charge in [-0.2, -0.15) is 0 Å². The lowest BCUT2D eigenvalue weighted by molar-refractivity contribution is -0.137. The van der Waals surface area contributed by atoms with Crippen molar-refractivity contribution in [2.75, 3.05) is 0 Å². The lowest BCUT2D eigenvalue weighted by atomic mass is 9.91. The summed E-state index contributed by atoms with van der Waals surface area (Å²) in [6.07, 6.45) is 3.96. The van der Waals surface area contributed by atoms with Gasteiger partial charge in [0, 0.05) is 17.0 Å². The first-order chi connectivity index (χ1) is 8.20. The van der Waals surface area contributed by atoms with Crippen molar-refractivity contribution in [2.24, 2.45) is 0 Å². The molecule has 0 saturated heterocycles. The molecular weight excluding hydrogens is 214 g/mol. The highest BCUT2D eigenvalue weighted by atomic mass is 16.4. The first-order valence-electron chi connectivity index (χ1n) is 5.77. The second-order valence-electron chi connectivity index (χ2n) is 4.76. The normalized spacial score (nSPS) is 16.9. The number of hydrogen-bond acceptors (Lipinski definition) is 2. The standard InChI is InChI=1S/C14H13NO2/c16-13(17)9-14(5-6-14)11-3-4-12-10(8-11)2-1-7-15-12/h1-4,7-8H,5-6,9H2,(H,16,17). The van der Waals surface area contributed by atoms with Gasteiger partial charge in [0.1, 0.15) is 0 Å². The molecule has 1 aromatic carbocycles. The molecule has 1 heterocycles. The summed E-state index contributed by atoms with van der Waals surface area (Å²) in [6.45, 7) is 0. The Morgan fingerprint density at radius 1 is 1.35 bits per heavy atom. The zero-order valence-corrected chi connectivity index (χ0v) is 9.39. The molecule has 0 bridgehead atoms. The van der Waals surface area contributed by atoms with Crippen LogP contribution < -0.4 is 0 Å². The molecule has 1 aliphatic carbocycles. The number of carboxylic acids is 1. The summed E-state index contributed by atoms with van der Waals surface area (Å²) in [6, 6.07) is 10.0. The highest BCUT2D eigenvalue weighted by Gasteiger charge is 2.45. The highest BCUT2D eigenvalue weighted by molar-refractivity contribution is 5.80. The van der Waals surface area contributed by atoms with Crippen molar-refractivity contribution < 1.29 is 9.90 Å². The van der Waals surface area contributed by atoms with Gasteiger partial charge in [0.25, 0.3) is 0 Å². The Labute approximate surface area is 99.1 Å². The van der Waals surface area contributed by atoms with Crippen LogP contribution in [-0.4, -0.2) is 16.1 Å². The molecule has 3 nitrogen and oxygen atoms in total. The lowest BCUT2D eigenvalue weighted by Crippen LogP contribution is -2.12. The molecule has 0 unspecified atom stereocenters. The molecule has 2 aromatic rings. The minimum atomic E-state index is -0.714. The van der Waals surface area contributed by atoms with Crippen molar-refractivity contribution >= 4 is 16.9 Å². The van der Waals surface area contributed by atoms with Gasteiger partial charge in [-0.3, -0.25) is 9.78 Å². The predicted octanol–water partition coefficient (Wildman–Crippen LogP) is 2.74. The third kappa shape index (κ3) is 1.78. The number of benzene rings is 1. The van der Waals surface area contributed by atoms with Crippen LogP contribution in [0.5, 0.6) is 0 Å². The number of hydrogen-bond donors (Lipinski definition) is 1. The molecule has 86 valence electrons. The molecule has 17 heavy (non-hydrogen) atoms. The third-order valence-electron chi connectivity index (χ3n) is 3.56. The average Bonchev–Trinajstić information content (AvgIpc) is 3.08. The second kappa shape index (κ2) is 3.55. The van der Waals surface area contributed by atoms with Crippen LogP contribution in [0.1, 0.15) is 24.8 Å². The van der Waals surface area contributed by atoms with Gasteiger partial charge < -0.3 is 5.11 Å². The third-order valence-corrected chi connectivity index (χ3v) is 3.56. The topological polar surface area (TPSA) is 50.2 Å². The van der Waals surface area contributed by atoms with E-state index in [4.69, 9.17) is 5.11 Å². The number of carboxylic acid groups (broad SMARTS) is 1. The quantitative estimate of drug-likeness (QED) is 0.877. The van der Waals surface area contributed by atoms with Crippen molar-refractivity contribution in [1.82, 2.24) is 4.98 Å². The highest BCUT2D eigenvalue weighted by Crippen LogP contribution is 2.51. The van der Waals surface area contributed by atoms with Gasteiger partial charge in [0.15, 0.2) is 0 Å². The summed E-state index contributed by atoms with van der Waals surface area (Å²) in [4.78, 5) is 15.1. The van der Waals surface area contributed by atoms with Crippen molar-refractivity contribution in [3.8, 4) is 0 Å². The molecular formula is C14H13NO2. The number of pyridine rings is 1. The second-order valence-corrected chi connectivity index (χ2v) is 4.76. The van der Waals surface area contributed by atoms with Crippen LogP contribution in [0, 0.1) is 0 Å². The zero-order valence-electron chi connectivity index (χ0n) is 9.39. The first-order valence-corrected chi connectivity index (χ1v) is 5.77. The molecule has 1 aromatic heterocycles. The van der Waals surface area contributed by atoms with Crippen molar-refractivity contribution in [3.63, 3.8) is 0 Å². The van der Waals surface area contributed by atoms with Crippen LogP contribution in [0.2, 0.25) is 0 Å². The van der Waals surface area contributed by atoms with Gasteiger partial charge >= 0.3 is 5.97 Å². The molecule has 1 fully saturated rings. The molecule has 0 radical (unpaired) electrons. The van der Waals surface area contributed by atoms with Crippen LogP contribution in [0.15, 0.2) is 36.5 Å². The minimum Gasteiger partial charge on any atom is -0.481 e. The fraction of sp³-hybridized carbons (Fsp3) is 0.286. The first kappa shape index (κ1) is 10.3. The summed E-state index contributed by atoms with van der Waals surface area (Å²) in [5.41, 5.74) is 1.98. The van der Waals surface area contributed by atoms with E-state index in [2.05, 4.69) is 11.1 Å². The molecule has 0 atom stereocenters. The number of carbonyl (C=O) groups is 1. The summed E-state index contributed by atoms with van der Waals surface area (Å²) >= 11 is 0. The van der Waals surface area contributed by atoms with Crippen molar-refractivity contribution in [1.29, 1.82) is 0 Å². The molecule has 1 N–H and O–H groups in total. The summed E-state index contributed by atoms with van der Waals surface area (Å²) in [7, 11) is 0. The molecule has 3 heteroatoms. The Bertz CT molecular complexity index is 588. The van der Waals surface area contributed by atoms with Crippen LogP contribution >= 0.6 is 0 Å². The Hall–Kier alpha value is -1.90. The van der Waals surface area contributed by atoms with Gasteiger partial charge in [-0.1, -0.05) is 12.1 Å². The Kier molecular flexibility index (Phi) is 2.15. The number of nitrogens with zero attached hydrogens (tertiary/aromatic N) is 1. The van der Waals surface area contributed by atoms with Crippen molar-refractivity contribution in [2.45, 2.75) is 24.7 Å². The number of aromatic nitrogens is 1. The van der Waals surface area contributed by atoms with E-state index in [-0.39, 0.29) is 11.8 Å². The monoisotopic (exact) mass is 227 g/mol. The molecule has 0 aliphatic heterocycles. The van der Waals surface area contributed by atoms with E-state index < -0.39 is 5.97 Å². The van der Waals surface area contributed by atoms with E-state index in [1.165, 1.54) is 0 Å². The largest absolute Gasteiger partial charge is 0.481 e. The molecule has 0 spiro atoms. The van der Waals surface area contributed by atoms with E-state index in [0.29, 0.717) is 0 Å². The van der Waals surface area contributed by atoms with Gasteiger partial charge in [0.05, 0.1) is 11.9 Å². The van der Waals surface area contributed by atoms with Gasteiger partial charge in [0.2, 0.25) is 0 Å². The maximum absolute atomic E-state index is 10.9. The lowest BCUT2D eigenvalue weighted by Gasteiger charge is -2.13.